The van der Waals surface area contributed by atoms with E-state index in [1.54, 1.807) is 18.2 Å². The molecule has 0 bridgehead atoms. The molecule has 1 aromatic rings. The Hall–Kier alpha value is -1.76. The Labute approximate surface area is 150 Å². The monoisotopic (exact) mass is 367 g/mol. The van der Waals surface area contributed by atoms with Gasteiger partial charge in [-0.05, 0) is 30.9 Å². The molecule has 2 rings (SSSR count). The van der Waals surface area contributed by atoms with Crippen molar-refractivity contribution in [3.63, 3.8) is 0 Å². The molecule has 0 saturated heterocycles. The number of hydrogen-bond acceptors (Lipinski definition) is 3. The molecule has 0 spiro atoms. The summed E-state index contributed by atoms with van der Waals surface area (Å²) in [7, 11) is -3.35. The van der Waals surface area contributed by atoms with Gasteiger partial charge in [-0.1, -0.05) is 50.3 Å². The number of anilines is 1. The van der Waals surface area contributed by atoms with Crippen LogP contribution in [0.5, 0.6) is 0 Å². The van der Waals surface area contributed by atoms with Gasteiger partial charge in [0.1, 0.15) is 0 Å². The summed E-state index contributed by atoms with van der Waals surface area (Å²) in [5.74, 6) is 0.712. The van der Waals surface area contributed by atoms with E-state index in [-0.39, 0.29) is 18.6 Å². The molecule has 7 heteroatoms. The van der Waals surface area contributed by atoms with E-state index in [0.29, 0.717) is 11.6 Å². The standard InChI is InChI=1S/C18H29N3O3S/c1-14(12-15-8-4-3-5-9-15)20-18(22)19-13-16-10-6-7-11-17(16)21-25(2,23)24/h6-7,10-11,14-15,21H,3-5,8-9,12-13H2,1-2H3,(H2,19,20,22). The fraction of sp³-hybridized carbons (Fsp3) is 0.611. The molecule has 1 fully saturated rings. The predicted octanol–water partition coefficient (Wildman–Crippen LogP) is 3.22. The normalized spacial score (nSPS) is 16.9. The van der Waals surface area contributed by atoms with Gasteiger partial charge in [-0.15, -0.1) is 0 Å². The van der Waals surface area contributed by atoms with E-state index in [2.05, 4.69) is 15.4 Å². The van der Waals surface area contributed by atoms with Gasteiger partial charge in [0.15, 0.2) is 0 Å². The SMILES string of the molecule is CC(CC1CCCCC1)NC(=O)NCc1ccccc1NS(C)(=O)=O. The van der Waals surface area contributed by atoms with Crippen LogP contribution in [-0.2, 0) is 16.6 Å². The number of rotatable bonds is 7. The molecule has 3 N–H and O–H groups in total. The zero-order valence-electron chi connectivity index (χ0n) is 15.0. The second-order valence-electron chi connectivity index (χ2n) is 7.00. The van der Waals surface area contributed by atoms with Gasteiger partial charge in [0, 0.05) is 12.6 Å². The maximum Gasteiger partial charge on any atom is 0.315 e. The lowest BCUT2D eigenvalue weighted by atomic mass is 9.85. The highest BCUT2D eigenvalue weighted by Gasteiger charge is 2.17. The van der Waals surface area contributed by atoms with Crippen LogP contribution in [0.2, 0.25) is 0 Å². The summed E-state index contributed by atoms with van der Waals surface area (Å²) >= 11 is 0. The Bertz CT molecular complexity index is 670. The van der Waals surface area contributed by atoms with Crippen molar-refractivity contribution in [1.82, 2.24) is 10.6 Å². The molecule has 1 aromatic carbocycles. The number of nitrogens with one attached hydrogen (secondary N) is 3. The third kappa shape index (κ3) is 7.34. The lowest BCUT2D eigenvalue weighted by Gasteiger charge is -2.25. The maximum atomic E-state index is 12.1. The van der Waals surface area contributed by atoms with Crippen molar-refractivity contribution in [1.29, 1.82) is 0 Å². The van der Waals surface area contributed by atoms with Gasteiger partial charge >= 0.3 is 6.03 Å². The van der Waals surface area contributed by atoms with Crippen LogP contribution in [0.25, 0.3) is 0 Å². The van der Waals surface area contributed by atoms with E-state index in [1.165, 1.54) is 32.1 Å². The highest BCUT2D eigenvalue weighted by Crippen LogP contribution is 2.27. The highest BCUT2D eigenvalue weighted by molar-refractivity contribution is 7.92. The van der Waals surface area contributed by atoms with Crippen LogP contribution in [0.1, 0.15) is 51.0 Å². The van der Waals surface area contributed by atoms with Gasteiger partial charge in [0.05, 0.1) is 11.9 Å². The van der Waals surface area contributed by atoms with Crippen LogP contribution in [-0.4, -0.2) is 26.7 Å². The second-order valence-corrected chi connectivity index (χ2v) is 8.75. The molecule has 25 heavy (non-hydrogen) atoms. The smallest absolute Gasteiger partial charge is 0.315 e. The van der Waals surface area contributed by atoms with Crippen molar-refractivity contribution < 1.29 is 13.2 Å². The van der Waals surface area contributed by atoms with Crippen molar-refractivity contribution >= 4 is 21.7 Å². The van der Waals surface area contributed by atoms with Gasteiger partial charge < -0.3 is 10.6 Å². The summed E-state index contributed by atoms with van der Waals surface area (Å²) < 4.78 is 25.3. The molecule has 2 amide bonds. The van der Waals surface area contributed by atoms with Crippen LogP contribution < -0.4 is 15.4 Å². The number of amides is 2. The Morgan fingerprint density at radius 2 is 1.88 bits per heavy atom. The number of para-hydroxylation sites is 1. The fourth-order valence-electron chi connectivity index (χ4n) is 3.41. The van der Waals surface area contributed by atoms with Gasteiger partial charge in [-0.25, -0.2) is 13.2 Å². The van der Waals surface area contributed by atoms with Gasteiger partial charge in [0.2, 0.25) is 10.0 Å². The van der Waals surface area contributed by atoms with E-state index < -0.39 is 10.0 Å². The van der Waals surface area contributed by atoms with Crippen LogP contribution in [0, 0.1) is 5.92 Å². The number of benzene rings is 1. The lowest BCUT2D eigenvalue weighted by Crippen LogP contribution is -2.41. The maximum absolute atomic E-state index is 12.1. The quantitative estimate of drug-likeness (QED) is 0.691. The van der Waals surface area contributed by atoms with Crippen molar-refractivity contribution in [3.8, 4) is 0 Å². The van der Waals surface area contributed by atoms with Crippen LogP contribution in [0.15, 0.2) is 24.3 Å². The van der Waals surface area contributed by atoms with Crippen LogP contribution in [0.4, 0.5) is 10.5 Å². The summed E-state index contributed by atoms with van der Waals surface area (Å²) in [6, 6.07) is 6.95. The molecule has 0 radical (unpaired) electrons. The molecule has 1 saturated carbocycles. The third-order valence-electron chi connectivity index (χ3n) is 4.54. The minimum atomic E-state index is -3.35. The van der Waals surface area contributed by atoms with Crippen LogP contribution >= 0.6 is 0 Å². The van der Waals surface area contributed by atoms with Crippen molar-refractivity contribution in [2.24, 2.45) is 5.92 Å². The second kappa shape index (κ2) is 9.08. The molecule has 0 aliphatic heterocycles. The van der Waals surface area contributed by atoms with E-state index in [9.17, 15) is 13.2 Å². The zero-order valence-corrected chi connectivity index (χ0v) is 15.9. The summed E-state index contributed by atoms with van der Waals surface area (Å²) in [6.45, 7) is 2.30. The molecule has 1 unspecified atom stereocenters. The largest absolute Gasteiger partial charge is 0.336 e. The first-order valence-corrected chi connectivity index (χ1v) is 10.8. The predicted molar refractivity (Wildman–Crippen MR) is 101 cm³/mol. The van der Waals surface area contributed by atoms with E-state index in [1.807, 2.05) is 13.0 Å². The summed E-state index contributed by atoms with van der Waals surface area (Å²) in [5.41, 5.74) is 1.21. The number of sulfonamides is 1. The summed E-state index contributed by atoms with van der Waals surface area (Å²) in [5, 5.41) is 5.78. The topological polar surface area (TPSA) is 87.3 Å². The Morgan fingerprint density at radius 3 is 2.56 bits per heavy atom. The molecule has 0 heterocycles. The molecule has 1 aliphatic carbocycles. The number of carbonyl (C=O) groups is 1. The first-order chi connectivity index (χ1) is 11.8. The molecule has 140 valence electrons. The van der Waals surface area contributed by atoms with Crippen molar-refractivity contribution in [3.05, 3.63) is 29.8 Å². The average molecular weight is 368 g/mol. The molecular formula is C18H29N3O3S. The molecule has 1 aliphatic rings. The average Bonchev–Trinajstić information content (AvgIpc) is 2.53. The first kappa shape index (κ1) is 19.6. The number of hydrogen-bond donors (Lipinski definition) is 3. The third-order valence-corrected chi connectivity index (χ3v) is 5.13. The summed E-state index contributed by atoms with van der Waals surface area (Å²) in [6.07, 6.45) is 8.58. The van der Waals surface area contributed by atoms with Gasteiger partial charge in [0.25, 0.3) is 0 Å². The molecular weight excluding hydrogens is 338 g/mol. The molecule has 6 nitrogen and oxygen atoms in total. The minimum Gasteiger partial charge on any atom is -0.336 e. The highest BCUT2D eigenvalue weighted by atomic mass is 32.2. The zero-order chi connectivity index (χ0) is 18.3. The van der Waals surface area contributed by atoms with Gasteiger partial charge in [-0.2, -0.15) is 0 Å². The van der Waals surface area contributed by atoms with Gasteiger partial charge in [-0.3, -0.25) is 4.72 Å². The Balaban J connectivity index is 1.81. The van der Waals surface area contributed by atoms with E-state index in [0.717, 1.165) is 18.2 Å². The Morgan fingerprint density at radius 1 is 1.20 bits per heavy atom. The van der Waals surface area contributed by atoms with E-state index in [4.69, 9.17) is 0 Å². The molecule has 1 atom stereocenters. The van der Waals surface area contributed by atoms with Crippen molar-refractivity contribution in [2.75, 3.05) is 11.0 Å². The van der Waals surface area contributed by atoms with E-state index >= 15 is 0 Å². The molecule has 0 aromatic heterocycles. The van der Waals surface area contributed by atoms with Crippen LogP contribution in [0.3, 0.4) is 0 Å². The number of urea groups is 1. The number of carbonyl (C=O) groups excluding carboxylic acids is 1. The lowest BCUT2D eigenvalue weighted by molar-refractivity contribution is 0.232. The fourth-order valence-corrected chi connectivity index (χ4v) is 4.00. The summed E-state index contributed by atoms with van der Waals surface area (Å²) in [4.78, 5) is 12.1. The minimum absolute atomic E-state index is 0.132. The van der Waals surface area contributed by atoms with Crippen molar-refractivity contribution in [2.45, 2.75) is 58.0 Å². The first-order valence-electron chi connectivity index (χ1n) is 8.93. The Kier molecular flexibility index (Phi) is 7.11.